The summed E-state index contributed by atoms with van der Waals surface area (Å²) in [5.74, 6) is 1.81. The van der Waals surface area contributed by atoms with E-state index in [1.807, 2.05) is 19.1 Å². The van der Waals surface area contributed by atoms with Gasteiger partial charge in [-0.3, -0.25) is 4.99 Å². The average Bonchev–Trinajstić information content (AvgIpc) is 3.12. The molecular formula is C20H33N3O3S. The van der Waals surface area contributed by atoms with Crippen LogP contribution in [-0.2, 0) is 15.3 Å². The van der Waals surface area contributed by atoms with E-state index in [0.717, 1.165) is 25.1 Å². The summed E-state index contributed by atoms with van der Waals surface area (Å²) < 4.78 is 28.3. The normalized spacial score (nSPS) is 18.1. The zero-order chi connectivity index (χ0) is 19.9. The fourth-order valence-corrected chi connectivity index (χ4v) is 4.60. The van der Waals surface area contributed by atoms with Crippen LogP contribution in [0.1, 0.15) is 44.6 Å². The van der Waals surface area contributed by atoms with Crippen LogP contribution in [0.25, 0.3) is 0 Å². The molecule has 0 radical (unpaired) electrons. The van der Waals surface area contributed by atoms with Crippen LogP contribution in [0.3, 0.4) is 0 Å². The Morgan fingerprint density at radius 3 is 2.56 bits per heavy atom. The van der Waals surface area contributed by atoms with Gasteiger partial charge in [0.1, 0.15) is 15.6 Å². The summed E-state index contributed by atoms with van der Waals surface area (Å²) in [6, 6.07) is 8.28. The molecule has 1 saturated carbocycles. The van der Waals surface area contributed by atoms with Gasteiger partial charge in [-0.1, -0.05) is 31.0 Å². The smallest absolute Gasteiger partial charge is 0.191 e. The second-order valence-corrected chi connectivity index (χ2v) is 9.84. The van der Waals surface area contributed by atoms with Gasteiger partial charge in [-0.2, -0.15) is 0 Å². The van der Waals surface area contributed by atoms with Crippen molar-refractivity contribution in [3.63, 3.8) is 0 Å². The molecule has 0 heterocycles. The summed E-state index contributed by atoms with van der Waals surface area (Å²) in [4.78, 5) is 4.31. The third-order valence-electron chi connectivity index (χ3n) is 5.36. The van der Waals surface area contributed by atoms with Crippen LogP contribution >= 0.6 is 0 Å². The van der Waals surface area contributed by atoms with Gasteiger partial charge >= 0.3 is 0 Å². The zero-order valence-electron chi connectivity index (χ0n) is 16.9. The van der Waals surface area contributed by atoms with Crippen LogP contribution in [0.15, 0.2) is 29.3 Å². The van der Waals surface area contributed by atoms with Gasteiger partial charge in [-0.25, -0.2) is 8.42 Å². The van der Waals surface area contributed by atoms with E-state index in [9.17, 15) is 8.42 Å². The number of sulfone groups is 1. The summed E-state index contributed by atoms with van der Waals surface area (Å²) in [6.45, 7) is 2.75. The average molecular weight is 396 g/mol. The van der Waals surface area contributed by atoms with Crippen LogP contribution in [0.5, 0.6) is 5.75 Å². The summed E-state index contributed by atoms with van der Waals surface area (Å²) in [5, 5.41) is 6.77. The number of methoxy groups -OCH3 is 1. The minimum Gasteiger partial charge on any atom is -0.496 e. The van der Waals surface area contributed by atoms with Crippen LogP contribution in [-0.4, -0.2) is 53.1 Å². The highest BCUT2D eigenvalue weighted by Gasteiger charge is 2.37. The molecule has 1 aromatic carbocycles. The number of para-hydroxylation sites is 1. The Morgan fingerprint density at radius 1 is 1.30 bits per heavy atom. The number of hydrogen-bond donors (Lipinski definition) is 2. The Labute approximate surface area is 163 Å². The van der Waals surface area contributed by atoms with E-state index in [2.05, 4.69) is 27.8 Å². The maximum atomic E-state index is 11.4. The van der Waals surface area contributed by atoms with E-state index in [1.165, 1.54) is 24.7 Å². The Kier molecular flexibility index (Phi) is 7.53. The summed E-state index contributed by atoms with van der Waals surface area (Å²) in [7, 11) is 0.505. The first-order valence-electron chi connectivity index (χ1n) is 9.58. The second-order valence-electron chi connectivity index (χ2n) is 7.58. The lowest BCUT2D eigenvalue weighted by Gasteiger charge is -2.32. The predicted octanol–water partition coefficient (Wildman–Crippen LogP) is 2.50. The Hall–Kier alpha value is -1.76. The molecule has 1 atom stereocenters. The molecule has 0 aliphatic heterocycles. The second kappa shape index (κ2) is 9.44. The molecule has 0 aromatic heterocycles. The van der Waals surface area contributed by atoms with Crippen molar-refractivity contribution in [2.75, 3.05) is 32.7 Å². The van der Waals surface area contributed by atoms with E-state index in [0.29, 0.717) is 12.4 Å². The Bertz CT molecular complexity index is 741. The van der Waals surface area contributed by atoms with Gasteiger partial charge in [0.2, 0.25) is 0 Å². The van der Waals surface area contributed by atoms with Crippen molar-refractivity contribution >= 4 is 15.8 Å². The van der Waals surface area contributed by atoms with Crippen molar-refractivity contribution in [2.24, 2.45) is 4.99 Å². The first-order chi connectivity index (χ1) is 12.8. The van der Waals surface area contributed by atoms with Crippen molar-refractivity contribution in [2.45, 2.75) is 50.5 Å². The minimum absolute atomic E-state index is 0.0247. The maximum absolute atomic E-state index is 11.4. The highest BCUT2D eigenvalue weighted by Crippen LogP contribution is 2.44. The molecular weight excluding hydrogens is 362 g/mol. The number of benzene rings is 1. The van der Waals surface area contributed by atoms with E-state index in [-0.39, 0.29) is 17.2 Å². The Morgan fingerprint density at radius 2 is 1.96 bits per heavy atom. The molecule has 1 fully saturated rings. The van der Waals surface area contributed by atoms with Crippen molar-refractivity contribution in [1.29, 1.82) is 0 Å². The number of rotatable bonds is 8. The fourth-order valence-electron chi connectivity index (χ4n) is 3.82. The molecule has 0 saturated heterocycles. The molecule has 152 valence electrons. The molecule has 27 heavy (non-hydrogen) atoms. The van der Waals surface area contributed by atoms with Gasteiger partial charge in [0.05, 0.1) is 12.9 Å². The predicted molar refractivity (Wildman–Crippen MR) is 111 cm³/mol. The standard InChI is InChI=1S/C20H33N3O3S/c1-16(11-14-27(4,24)25)23-19(21-2)22-15-20(12-7-8-13-20)17-9-5-6-10-18(17)26-3/h5-6,9-10,16H,7-8,11-15H2,1-4H3,(H2,21,22,23). The molecule has 2 rings (SSSR count). The van der Waals surface area contributed by atoms with Crippen molar-refractivity contribution in [3.05, 3.63) is 29.8 Å². The molecule has 1 aliphatic carbocycles. The molecule has 1 unspecified atom stereocenters. The highest BCUT2D eigenvalue weighted by molar-refractivity contribution is 7.90. The molecule has 0 spiro atoms. The lowest BCUT2D eigenvalue weighted by atomic mass is 9.78. The van der Waals surface area contributed by atoms with E-state index >= 15 is 0 Å². The van der Waals surface area contributed by atoms with Gasteiger partial charge in [-0.15, -0.1) is 0 Å². The first kappa shape index (κ1) is 21.5. The number of nitrogens with one attached hydrogen (secondary N) is 2. The lowest BCUT2D eigenvalue weighted by Crippen LogP contribution is -2.47. The van der Waals surface area contributed by atoms with Gasteiger partial charge in [0.15, 0.2) is 5.96 Å². The van der Waals surface area contributed by atoms with Gasteiger partial charge in [-0.05, 0) is 32.3 Å². The third-order valence-corrected chi connectivity index (χ3v) is 6.34. The molecule has 1 aliphatic rings. The molecule has 0 bridgehead atoms. The lowest BCUT2D eigenvalue weighted by molar-refractivity contribution is 0.371. The van der Waals surface area contributed by atoms with Crippen molar-refractivity contribution in [1.82, 2.24) is 10.6 Å². The molecule has 0 amide bonds. The van der Waals surface area contributed by atoms with Crippen molar-refractivity contribution < 1.29 is 13.2 Å². The number of hydrogen-bond acceptors (Lipinski definition) is 4. The summed E-state index contributed by atoms with van der Waals surface area (Å²) >= 11 is 0. The summed E-state index contributed by atoms with van der Waals surface area (Å²) in [6.07, 6.45) is 6.45. The number of guanidine groups is 1. The Balaban J connectivity index is 2.04. The topological polar surface area (TPSA) is 79.8 Å². The van der Waals surface area contributed by atoms with Gasteiger partial charge < -0.3 is 15.4 Å². The van der Waals surface area contributed by atoms with E-state index in [4.69, 9.17) is 4.74 Å². The van der Waals surface area contributed by atoms with Gasteiger partial charge in [0, 0.05) is 36.9 Å². The number of ether oxygens (including phenoxy) is 1. The molecule has 1 aromatic rings. The molecule has 6 nitrogen and oxygen atoms in total. The van der Waals surface area contributed by atoms with Crippen LogP contribution in [0.4, 0.5) is 0 Å². The largest absolute Gasteiger partial charge is 0.496 e. The maximum Gasteiger partial charge on any atom is 0.191 e. The van der Waals surface area contributed by atoms with Crippen LogP contribution in [0.2, 0.25) is 0 Å². The number of nitrogens with zero attached hydrogens (tertiary/aromatic N) is 1. The van der Waals surface area contributed by atoms with Crippen molar-refractivity contribution in [3.8, 4) is 5.75 Å². The highest BCUT2D eigenvalue weighted by atomic mass is 32.2. The SMILES string of the molecule is CN=C(NCC1(c2ccccc2OC)CCCC1)NC(C)CCS(C)(=O)=O. The zero-order valence-corrected chi connectivity index (χ0v) is 17.7. The summed E-state index contributed by atoms with van der Waals surface area (Å²) in [5.41, 5.74) is 1.28. The van der Waals surface area contributed by atoms with Crippen LogP contribution < -0.4 is 15.4 Å². The molecule has 2 N–H and O–H groups in total. The first-order valence-corrected chi connectivity index (χ1v) is 11.6. The quantitative estimate of drug-likeness (QED) is 0.522. The molecule has 7 heteroatoms. The van der Waals surface area contributed by atoms with E-state index < -0.39 is 9.84 Å². The fraction of sp³-hybridized carbons (Fsp3) is 0.650. The monoisotopic (exact) mass is 395 g/mol. The third kappa shape index (κ3) is 6.13. The van der Waals surface area contributed by atoms with E-state index in [1.54, 1.807) is 14.2 Å². The van der Waals surface area contributed by atoms with Crippen LogP contribution in [0, 0.1) is 0 Å². The van der Waals surface area contributed by atoms with Gasteiger partial charge in [0.25, 0.3) is 0 Å². The minimum atomic E-state index is -2.95. The number of aliphatic imine (C=N–C) groups is 1.